The highest BCUT2D eigenvalue weighted by atomic mass is 32.2. The van der Waals surface area contributed by atoms with Crippen LogP contribution in [0.1, 0.15) is 34.3 Å². The third kappa shape index (κ3) is 3.01. The average Bonchev–Trinajstić information content (AvgIpc) is 2.93. The van der Waals surface area contributed by atoms with Gasteiger partial charge in [-0.3, -0.25) is 19.7 Å². The summed E-state index contributed by atoms with van der Waals surface area (Å²) in [5, 5.41) is 2.34. The molecular weight excluding hydrogens is 348 g/mol. The number of imide groups is 1. The van der Waals surface area contributed by atoms with Crippen LogP contribution in [0.5, 0.6) is 0 Å². The van der Waals surface area contributed by atoms with E-state index in [4.69, 9.17) is 0 Å². The summed E-state index contributed by atoms with van der Waals surface area (Å²) < 4.78 is 0. The van der Waals surface area contributed by atoms with Gasteiger partial charge < -0.3 is 4.90 Å². The Hall–Kier alpha value is -2.60. The van der Waals surface area contributed by atoms with Crippen molar-refractivity contribution in [2.24, 2.45) is 0 Å². The molecule has 2 heterocycles. The van der Waals surface area contributed by atoms with Crippen LogP contribution in [0.25, 0.3) is 0 Å². The molecule has 2 aliphatic heterocycles. The van der Waals surface area contributed by atoms with E-state index in [1.165, 1.54) is 5.56 Å². The highest BCUT2D eigenvalue weighted by Gasteiger charge is 2.39. The van der Waals surface area contributed by atoms with E-state index in [1.54, 1.807) is 16.7 Å². The molecule has 4 rings (SSSR count). The quantitative estimate of drug-likeness (QED) is 0.849. The molecular formula is C20H18N2O3S. The minimum absolute atomic E-state index is 0.138. The highest BCUT2D eigenvalue weighted by molar-refractivity contribution is 7.99. The summed E-state index contributed by atoms with van der Waals surface area (Å²) in [6.45, 7) is 2.45. The van der Waals surface area contributed by atoms with Gasteiger partial charge in [0.15, 0.2) is 0 Å². The second-order valence-electron chi connectivity index (χ2n) is 6.60. The van der Waals surface area contributed by atoms with Crippen LogP contribution >= 0.6 is 11.8 Å². The van der Waals surface area contributed by atoms with Crippen LogP contribution < -0.4 is 5.32 Å². The molecule has 0 spiro atoms. The molecule has 26 heavy (non-hydrogen) atoms. The third-order valence-corrected chi connectivity index (χ3v) is 5.85. The van der Waals surface area contributed by atoms with Gasteiger partial charge in [-0.2, -0.15) is 0 Å². The molecule has 0 aliphatic carbocycles. The zero-order valence-electron chi connectivity index (χ0n) is 14.3. The van der Waals surface area contributed by atoms with Gasteiger partial charge in [0.05, 0.1) is 0 Å². The molecule has 1 fully saturated rings. The minimum atomic E-state index is -0.579. The molecule has 2 aromatic carbocycles. The number of nitrogens with zero attached hydrogens (tertiary/aromatic N) is 1. The van der Waals surface area contributed by atoms with Gasteiger partial charge >= 0.3 is 0 Å². The summed E-state index contributed by atoms with van der Waals surface area (Å²) in [5.74, 6) is -0.789. The fourth-order valence-corrected chi connectivity index (χ4v) is 4.55. The summed E-state index contributed by atoms with van der Waals surface area (Å²) in [4.78, 5) is 40.1. The van der Waals surface area contributed by atoms with Crippen molar-refractivity contribution in [2.45, 2.75) is 42.1 Å². The number of amides is 3. The van der Waals surface area contributed by atoms with Gasteiger partial charge in [0.25, 0.3) is 5.91 Å². The normalized spacial score (nSPS) is 19.5. The number of hydrogen-bond acceptors (Lipinski definition) is 4. The molecule has 1 N–H and O–H groups in total. The van der Waals surface area contributed by atoms with Crippen LogP contribution in [0, 0.1) is 6.92 Å². The number of carbonyl (C=O) groups is 3. The Balaban J connectivity index is 1.62. The van der Waals surface area contributed by atoms with Crippen molar-refractivity contribution in [3.05, 3.63) is 59.2 Å². The minimum Gasteiger partial charge on any atom is -0.322 e. The monoisotopic (exact) mass is 366 g/mol. The Morgan fingerprint density at radius 2 is 1.92 bits per heavy atom. The van der Waals surface area contributed by atoms with Gasteiger partial charge in [-0.05, 0) is 43.2 Å². The van der Waals surface area contributed by atoms with Crippen molar-refractivity contribution >= 4 is 29.5 Å². The van der Waals surface area contributed by atoms with E-state index in [0.29, 0.717) is 18.5 Å². The standard InChI is InChI=1S/C20H18N2O3S/c1-12-4-2-5-13(10-12)26-17-7-3-6-14-15(17)11-22(20(14)25)16-8-9-18(23)21-19(16)24/h2-7,10,16H,8-9,11H2,1H3,(H,21,23,24). The van der Waals surface area contributed by atoms with Gasteiger partial charge in [0.1, 0.15) is 6.04 Å². The SMILES string of the molecule is Cc1cccc(Sc2cccc3c2CN(C2CCC(=O)NC2=O)C3=O)c1. The molecule has 1 saturated heterocycles. The first-order valence-corrected chi connectivity index (χ1v) is 9.35. The lowest BCUT2D eigenvalue weighted by atomic mass is 10.0. The zero-order valence-corrected chi connectivity index (χ0v) is 15.1. The van der Waals surface area contributed by atoms with Crippen molar-refractivity contribution in [2.75, 3.05) is 0 Å². The molecule has 0 saturated carbocycles. The van der Waals surface area contributed by atoms with Crippen molar-refractivity contribution in [1.82, 2.24) is 10.2 Å². The molecule has 3 amide bonds. The highest BCUT2D eigenvalue weighted by Crippen LogP contribution is 2.37. The van der Waals surface area contributed by atoms with Crippen molar-refractivity contribution in [3.8, 4) is 0 Å². The first-order valence-electron chi connectivity index (χ1n) is 8.54. The van der Waals surface area contributed by atoms with Gasteiger partial charge in [-0.25, -0.2) is 0 Å². The number of benzene rings is 2. The van der Waals surface area contributed by atoms with Crippen LogP contribution in [0.4, 0.5) is 0 Å². The first kappa shape index (κ1) is 16.8. The van der Waals surface area contributed by atoms with Crippen molar-refractivity contribution in [1.29, 1.82) is 0 Å². The lowest BCUT2D eigenvalue weighted by molar-refractivity contribution is -0.136. The van der Waals surface area contributed by atoms with Crippen molar-refractivity contribution < 1.29 is 14.4 Å². The lowest BCUT2D eigenvalue weighted by Crippen LogP contribution is -2.52. The maximum Gasteiger partial charge on any atom is 0.255 e. The fraction of sp³-hybridized carbons (Fsp3) is 0.250. The Labute approximate surface area is 155 Å². The van der Waals surface area contributed by atoms with E-state index >= 15 is 0 Å². The largest absolute Gasteiger partial charge is 0.322 e. The maximum absolute atomic E-state index is 12.8. The summed E-state index contributed by atoms with van der Waals surface area (Å²) in [6, 6.07) is 13.3. The number of piperidine rings is 1. The lowest BCUT2D eigenvalue weighted by Gasteiger charge is -2.29. The van der Waals surface area contributed by atoms with Gasteiger partial charge in [-0.15, -0.1) is 0 Å². The van der Waals surface area contributed by atoms with E-state index < -0.39 is 6.04 Å². The summed E-state index contributed by atoms with van der Waals surface area (Å²) in [5.41, 5.74) is 2.78. The summed E-state index contributed by atoms with van der Waals surface area (Å²) in [6.07, 6.45) is 0.645. The molecule has 1 unspecified atom stereocenters. The topological polar surface area (TPSA) is 66.5 Å². The molecule has 5 nitrogen and oxygen atoms in total. The molecule has 0 aromatic heterocycles. The number of aryl methyl sites for hydroxylation is 1. The first-order chi connectivity index (χ1) is 12.5. The van der Waals surface area contributed by atoms with E-state index in [2.05, 4.69) is 11.4 Å². The second-order valence-corrected chi connectivity index (χ2v) is 7.72. The fourth-order valence-electron chi connectivity index (χ4n) is 3.46. The predicted molar refractivity (Wildman–Crippen MR) is 97.8 cm³/mol. The van der Waals surface area contributed by atoms with Crippen LogP contribution in [0.3, 0.4) is 0 Å². The summed E-state index contributed by atoms with van der Waals surface area (Å²) >= 11 is 1.63. The number of carbonyl (C=O) groups excluding carboxylic acids is 3. The number of nitrogens with one attached hydrogen (secondary N) is 1. The van der Waals surface area contributed by atoms with Gasteiger partial charge in [-0.1, -0.05) is 35.5 Å². The average molecular weight is 366 g/mol. The molecule has 0 bridgehead atoms. The molecule has 2 aliphatic rings. The van der Waals surface area contributed by atoms with E-state index in [9.17, 15) is 14.4 Å². The zero-order chi connectivity index (χ0) is 18.3. The van der Waals surface area contributed by atoms with Crippen molar-refractivity contribution in [3.63, 3.8) is 0 Å². The Morgan fingerprint density at radius 1 is 1.12 bits per heavy atom. The van der Waals surface area contributed by atoms with Crippen LogP contribution in [0.2, 0.25) is 0 Å². The predicted octanol–water partition coefficient (Wildman–Crippen LogP) is 2.91. The number of rotatable bonds is 3. The molecule has 132 valence electrons. The van der Waals surface area contributed by atoms with E-state index in [0.717, 1.165) is 15.4 Å². The summed E-state index contributed by atoms with van der Waals surface area (Å²) in [7, 11) is 0. The van der Waals surface area contributed by atoms with E-state index in [-0.39, 0.29) is 24.1 Å². The molecule has 1 atom stereocenters. The Bertz CT molecular complexity index is 925. The van der Waals surface area contributed by atoms with Crippen LogP contribution in [-0.2, 0) is 16.1 Å². The number of fused-ring (bicyclic) bond motifs is 1. The van der Waals surface area contributed by atoms with Crippen LogP contribution in [0.15, 0.2) is 52.3 Å². The number of hydrogen-bond donors (Lipinski definition) is 1. The molecule has 2 aromatic rings. The molecule has 0 radical (unpaired) electrons. The Morgan fingerprint density at radius 3 is 2.69 bits per heavy atom. The third-order valence-electron chi connectivity index (χ3n) is 4.76. The van der Waals surface area contributed by atoms with E-state index in [1.807, 2.05) is 43.3 Å². The second kappa shape index (κ2) is 6.61. The maximum atomic E-state index is 12.8. The van der Waals surface area contributed by atoms with Gasteiger partial charge in [0.2, 0.25) is 11.8 Å². The molecule has 6 heteroatoms. The van der Waals surface area contributed by atoms with Crippen LogP contribution in [-0.4, -0.2) is 28.7 Å². The smallest absolute Gasteiger partial charge is 0.255 e. The Kier molecular flexibility index (Phi) is 4.28. The van der Waals surface area contributed by atoms with Gasteiger partial charge in [0, 0.05) is 28.3 Å².